The van der Waals surface area contributed by atoms with E-state index in [2.05, 4.69) is 4.98 Å². The fourth-order valence-electron chi connectivity index (χ4n) is 2.09. The second-order valence-electron chi connectivity index (χ2n) is 5.07. The third-order valence-electron chi connectivity index (χ3n) is 3.30. The number of esters is 1. The summed E-state index contributed by atoms with van der Waals surface area (Å²) < 4.78 is 10.3. The summed E-state index contributed by atoms with van der Waals surface area (Å²) in [5.74, 6) is -0.374. The highest BCUT2D eigenvalue weighted by atomic mass is 32.1. The van der Waals surface area contributed by atoms with Crippen LogP contribution in [0.4, 0.5) is 5.13 Å². The zero-order chi connectivity index (χ0) is 16.1. The van der Waals surface area contributed by atoms with E-state index in [0.29, 0.717) is 41.9 Å². The van der Waals surface area contributed by atoms with E-state index in [0.717, 1.165) is 12.8 Å². The van der Waals surface area contributed by atoms with Crippen molar-refractivity contribution in [3.05, 3.63) is 10.6 Å². The Morgan fingerprint density at radius 1 is 1.32 bits per heavy atom. The van der Waals surface area contributed by atoms with Crippen LogP contribution in [0.15, 0.2) is 0 Å². The van der Waals surface area contributed by atoms with Crippen LogP contribution in [-0.4, -0.2) is 42.7 Å². The minimum Gasteiger partial charge on any atom is -0.462 e. The zero-order valence-corrected chi connectivity index (χ0v) is 14.1. The lowest BCUT2D eigenvalue weighted by Crippen LogP contribution is -2.33. The summed E-state index contributed by atoms with van der Waals surface area (Å²) >= 11 is 1.23. The van der Waals surface area contributed by atoms with Crippen molar-refractivity contribution in [3.63, 3.8) is 0 Å². The van der Waals surface area contributed by atoms with Gasteiger partial charge in [0.05, 0.1) is 25.3 Å². The molecule has 0 aliphatic heterocycles. The Morgan fingerprint density at radius 3 is 2.64 bits per heavy atom. The van der Waals surface area contributed by atoms with Crippen molar-refractivity contribution in [1.29, 1.82) is 0 Å². The first-order chi connectivity index (χ1) is 10.6. The van der Waals surface area contributed by atoms with E-state index >= 15 is 0 Å². The number of rotatable bonds is 8. The molecule has 7 heteroatoms. The number of nitrogens with zero attached hydrogens (tertiary/aromatic N) is 2. The first kappa shape index (κ1) is 16.9. The first-order valence-electron chi connectivity index (χ1n) is 7.62. The number of ether oxygens (including phenoxy) is 2. The van der Waals surface area contributed by atoms with Gasteiger partial charge in [-0.05, 0) is 33.6 Å². The van der Waals surface area contributed by atoms with Crippen LogP contribution in [0.5, 0.6) is 0 Å². The quantitative estimate of drug-likeness (QED) is 0.542. The predicted octanol–water partition coefficient (Wildman–Crippen LogP) is 2.55. The fourth-order valence-corrected chi connectivity index (χ4v) is 3.14. The molecule has 0 aromatic carbocycles. The molecule has 1 heterocycles. The number of aromatic nitrogens is 1. The largest absolute Gasteiger partial charge is 0.462 e. The van der Waals surface area contributed by atoms with Gasteiger partial charge >= 0.3 is 5.97 Å². The van der Waals surface area contributed by atoms with Crippen LogP contribution >= 0.6 is 11.3 Å². The summed E-state index contributed by atoms with van der Waals surface area (Å²) in [4.78, 5) is 30.9. The lowest BCUT2D eigenvalue weighted by Gasteiger charge is -2.19. The van der Waals surface area contributed by atoms with Gasteiger partial charge in [0.1, 0.15) is 4.88 Å². The Kier molecular flexibility index (Phi) is 5.90. The Morgan fingerprint density at radius 2 is 2.05 bits per heavy atom. The molecule has 1 fully saturated rings. The molecule has 0 N–H and O–H groups in total. The molecule has 0 radical (unpaired) electrons. The average Bonchev–Trinajstić information content (AvgIpc) is 3.22. The Labute approximate surface area is 134 Å². The highest BCUT2D eigenvalue weighted by Crippen LogP contribution is 2.36. The van der Waals surface area contributed by atoms with E-state index in [1.807, 2.05) is 6.92 Å². The van der Waals surface area contributed by atoms with Gasteiger partial charge in [0, 0.05) is 12.6 Å². The van der Waals surface area contributed by atoms with E-state index in [1.54, 1.807) is 18.7 Å². The third-order valence-corrected chi connectivity index (χ3v) is 4.43. The highest BCUT2D eigenvalue weighted by Gasteiger charge is 2.36. The van der Waals surface area contributed by atoms with Crippen molar-refractivity contribution >= 4 is 28.3 Å². The van der Waals surface area contributed by atoms with Crippen molar-refractivity contribution < 1.29 is 19.1 Å². The molecule has 1 aromatic rings. The van der Waals surface area contributed by atoms with Crippen LogP contribution < -0.4 is 4.90 Å². The third kappa shape index (κ3) is 4.04. The number of hydrogen-bond donors (Lipinski definition) is 0. The molecule has 1 aliphatic carbocycles. The van der Waals surface area contributed by atoms with Crippen molar-refractivity contribution in [2.45, 2.75) is 46.1 Å². The van der Waals surface area contributed by atoms with Gasteiger partial charge in [0.15, 0.2) is 5.13 Å². The van der Waals surface area contributed by atoms with Gasteiger partial charge in [-0.3, -0.25) is 9.69 Å². The zero-order valence-electron chi connectivity index (χ0n) is 13.3. The van der Waals surface area contributed by atoms with E-state index in [4.69, 9.17) is 9.47 Å². The number of carbonyl (C=O) groups is 2. The van der Waals surface area contributed by atoms with Crippen LogP contribution in [0.2, 0.25) is 0 Å². The monoisotopic (exact) mass is 326 g/mol. The fraction of sp³-hybridized carbons (Fsp3) is 0.667. The van der Waals surface area contributed by atoms with Crippen molar-refractivity contribution in [2.75, 3.05) is 24.7 Å². The Balaban J connectivity index is 2.13. The second-order valence-corrected chi connectivity index (χ2v) is 6.05. The molecule has 1 aliphatic rings. The maximum atomic E-state index is 12.4. The molecule has 2 rings (SSSR count). The summed E-state index contributed by atoms with van der Waals surface area (Å²) in [6, 6.07) is 0.203. The summed E-state index contributed by atoms with van der Waals surface area (Å²) in [5, 5.41) is 0.588. The minimum atomic E-state index is -0.374. The topological polar surface area (TPSA) is 68.7 Å². The van der Waals surface area contributed by atoms with E-state index in [9.17, 15) is 9.59 Å². The maximum absolute atomic E-state index is 12.4. The molecule has 1 amide bonds. The molecule has 1 saturated carbocycles. The van der Waals surface area contributed by atoms with Crippen LogP contribution in [0.3, 0.4) is 0 Å². The summed E-state index contributed by atoms with van der Waals surface area (Å²) in [6.07, 6.45) is 2.29. The average molecular weight is 326 g/mol. The molecule has 122 valence electrons. The van der Waals surface area contributed by atoms with Gasteiger partial charge in [0.2, 0.25) is 5.91 Å². The molecular formula is C15H22N2O4S. The van der Waals surface area contributed by atoms with E-state index in [1.165, 1.54) is 11.3 Å². The Hall–Kier alpha value is -1.47. The standard InChI is InChI=1S/C15H22N2O4S/c1-4-20-9-8-12(18)17(11-6-7-11)15-16-10(3)13(22-15)14(19)21-5-2/h11H,4-9H2,1-3H3. The van der Waals surface area contributed by atoms with Crippen molar-refractivity contribution in [3.8, 4) is 0 Å². The van der Waals surface area contributed by atoms with Gasteiger partial charge in [0.25, 0.3) is 0 Å². The molecule has 0 bridgehead atoms. The number of anilines is 1. The second kappa shape index (κ2) is 7.69. The number of aryl methyl sites for hydroxylation is 1. The van der Waals surface area contributed by atoms with Gasteiger partial charge < -0.3 is 9.47 Å². The van der Waals surface area contributed by atoms with E-state index in [-0.39, 0.29) is 17.9 Å². The van der Waals surface area contributed by atoms with E-state index < -0.39 is 0 Å². The molecule has 22 heavy (non-hydrogen) atoms. The van der Waals surface area contributed by atoms with Gasteiger partial charge in [-0.2, -0.15) is 0 Å². The molecule has 1 aromatic heterocycles. The van der Waals surface area contributed by atoms with Gasteiger partial charge in [-0.1, -0.05) is 11.3 Å². The first-order valence-corrected chi connectivity index (χ1v) is 8.44. The van der Waals surface area contributed by atoms with Crippen LogP contribution in [0, 0.1) is 6.92 Å². The van der Waals surface area contributed by atoms with Gasteiger partial charge in [-0.15, -0.1) is 0 Å². The molecule has 0 spiro atoms. The summed E-state index contributed by atoms with van der Waals surface area (Å²) in [7, 11) is 0. The van der Waals surface area contributed by atoms with Gasteiger partial charge in [-0.25, -0.2) is 9.78 Å². The molecule has 6 nitrogen and oxygen atoms in total. The molecule has 0 saturated heterocycles. The summed E-state index contributed by atoms with van der Waals surface area (Å²) in [5.41, 5.74) is 0.613. The molecular weight excluding hydrogens is 304 g/mol. The number of amides is 1. The molecule has 0 unspecified atom stereocenters. The number of thiazole rings is 1. The lowest BCUT2D eigenvalue weighted by atomic mass is 10.3. The normalized spacial score (nSPS) is 14.0. The van der Waals surface area contributed by atoms with Crippen LogP contribution in [0.1, 0.15) is 48.5 Å². The van der Waals surface area contributed by atoms with Crippen molar-refractivity contribution in [2.24, 2.45) is 0 Å². The number of carbonyl (C=O) groups excluding carboxylic acids is 2. The minimum absolute atomic E-state index is 0.000101. The lowest BCUT2D eigenvalue weighted by molar-refractivity contribution is -0.119. The number of hydrogen-bond acceptors (Lipinski definition) is 6. The van der Waals surface area contributed by atoms with Crippen LogP contribution in [0.25, 0.3) is 0 Å². The maximum Gasteiger partial charge on any atom is 0.350 e. The Bertz CT molecular complexity index is 540. The van der Waals surface area contributed by atoms with Crippen LogP contribution in [-0.2, 0) is 14.3 Å². The smallest absolute Gasteiger partial charge is 0.350 e. The highest BCUT2D eigenvalue weighted by molar-refractivity contribution is 7.17. The summed E-state index contributed by atoms with van der Waals surface area (Å²) in [6.45, 7) is 6.77. The van der Waals surface area contributed by atoms with Crippen molar-refractivity contribution in [1.82, 2.24) is 4.98 Å². The predicted molar refractivity (Wildman–Crippen MR) is 84.4 cm³/mol. The molecule has 0 atom stereocenters. The SMILES string of the molecule is CCOCCC(=O)N(c1nc(C)c(C(=O)OCC)s1)C1CC1.